The van der Waals surface area contributed by atoms with Crippen LogP contribution in [0.1, 0.15) is 24.5 Å². The Balaban J connectivity index is 1.74. The quantitative estimate of drug-likeness (QED) is 0.440. The molecule has 3 aromatic carbocycles. The molecule has 0 aliphatic heterocycles. The van der Waals surface area contributed by atoms with Gasteiger partial charge in [0.2, 0.25) is 0 Å². The Labute approximate surface area is 170 Å². The summed E-state index contributed by atoms with van der Waals surface area (Å²) in [5.74, 6) is 0.452. The standard InChI is InChI=1S/C23H25ClFNO2/c1-2-27-13-5-12-26-15-21-20-7-4-3-6-17(20)9-11-23(21)28-16-18-8-10-19(25)14-22(18)24/h3-4,6-11,14,26H,2,5,12-13,15-16H2,1H3. The van der Waals surface area contributed by atoms with E-state index in [-0.39, 0.29) is 12.4 Å². The van der Waals surface area contributed by atoms with Gasteiger partial charge < -0.3 is 14.8 Å². The summed E-state index contributed by atoms with van der Waals surface area (Å²) in [5, 5.41) is 6.17. The number of fused-ring (bicyclic) bond motifs is 1. The molecule has 0 saturated carbocycles. The molecule has 3 aromatic rings. The van der Waals surface area contributed by atoms with E-state index < -0.39 is 0 Å². The van der Waals surface area contributed by atoms with Gasteiger partial charge in [-0.2, -0.15) is 0 Å². The Morgan fingerprint density at radius 3 is 2.75 bits per heavy atom. The zero-order valence-corrected chi connectivity index (χ0v) is 16.8. The van der Waals surface area contributed by atoms with Crippen LogP contribution < -0.4 is 10.1 Å². The fourth-order valence-electron chi connectivity index (χ4n) is 3.08. The number of hydrogen-bond donors (Lipinski definition) is 1. The lowest BCUT2D eigenvalue weighted by Crippen LogP contribution is -2.17. The Kier molecular flexibility index (Phi) is 7.66. The minimum Gasteiger partial charge on any atom is -0.488 e. The average Bonchev–Trinajstić information content (AvgIpc) is 2.70. The summed E-state index contributed by atoms with van der Waals surface area (Å²) in [5.41, 5.74) is 1.86. The molecule has 148 valence electrons. The minimum atomic E-state index is -0.351. The second-order valence-electron chi connectivity index (χ2n) is 6.52. The fraction of sp³-hybridized carbons (Fsp3) is 0.304. The molecule has 0 aliphatic carbocycles. The van der Waals surface area contributed by atoms with E-state index in [4.69, 9.17) is 21.1 Å². The maximum Gasteiger partial charge on any atom is 0.124 e. The lowest BCUT2D eigenvalue weighted by molar-refractivity contribution is 0.144. The molecule has 0 spiro atoms. The molecule has 28 heavy (non-hydrogen) atoms. The summed E-state index contributed by atoms with van der Waals surface area (Å²) < 4.78 is 24.7. The van der Waals surface area contributed by atoms with Gasteiger partial charge in [0, 0.05) is 30.9 Å². The van der Waals surface area contributed by atoms with Crippen LogP contribution in [0.4, 0.5) is 4.39 Å². The lowest BCUT2D eigenvalue weighted by Gasteiger charge is -2.16. The van der Waals surface area contributed by atoms with E-state index in [0.29, 0.717) is 11.6 Å². The zero-order valence-electron chi connectivity index (χ0n) is 16.0. The van der Waals surface area contributed by atoms with Crippen molar-refractivity contribution in [3.8, 4) is 5.75 Å². The molecule has 0 amide bonds. The van der Waals surface area contributed by atoms with Gasteiger partial charge in [0.05, 0.1) is 5.02 Å². The van der Waals surface area contributed by atoms with Crippen molar-refractivity contribution in [3.63, 3.8) is 0 Å². The van der Waals surface area contributed by atoms with E-state index in [1.165, 1.54) is 17.5 Å². The summed E-state index contributed by atoms with van der Waals surface area (Å²) in [6, 6.07) is 16.6. The monoisotopic (exact) mass is 401 g/mol. The first kappa shape index (κ1) is 20.6. The molecule has 0 radical (unpaired) electrons. The van der Waals surface area contributed by atoms with Gasteiger partial charge in [-0.25, -0.2) is 4.39 Å². The minimum absolute atomic E-state index is 0.287. The summed E-state index contributed by atoms with van der Waals surface area (Å²) in [6.45, 7) is 5.35. The SMILES string of the molecule is CCOCCCNCc1c(OCc2ccc(F)cc2Cl)ccc2ccccc12. The Morgan fingerprint density at radius 2 is 1.93 bits per heavy atom. The topological polar surface area (TPSA) is 30.5 Å². The highest BCUT2D eigenvalue weighted by Crippen LogP contribution is 2.29. The van der Waals surface area contributed by atoms with Crippen molar-refractivity contribution in [1.82, 2.24) is 5.32 Å². The van der Waals surface area contributed by atoms with Crippen LogP contribution >= 0.6 is 11.6 Å². The van der Waals surface area contributed by atoms with E-state index in [1.54, 1.807) is 6.07 Å². The number of ether oxygens (including phenoxy) is 2. The van der Waals surface area contributed by atoms with Crippen LogP contribution in [-0.2, 0) is 17.9 Å². The predicted molar refractivity (Wildman–Crippen MR) is 113 cm³/mol. The van der Waals surface area contributed by atoms with Crippen LogP contribution in [0.2, 0.25) is 5.02 Å². The molecule has 1 N–H and O–H groups in total. The predicted octanol–water partition coefficient (Wildman–Crippen LogP) is 5.73. The van der Waals surface area contributed by atoms with Crippen molar-refractivity contribution in [2.75, 3.05) is 19.8 Å². The highest BCUT2D eigenvalue weighted by Gasteiger charge is 2.10. The molecule has 0 unspecified atom stereocenters. The van der Waals surface area contributed by atoms with Crippen molar-refractivity contribution in [2.24, 2.45) is 0 Å². The summed E-state index contributed by atoms with van der Waals surface area (Å²) >= 11 is 6.13. The maximum atomic E-state index is 13.3. The van der Waals surface area contributed by atoms with Gasteiger partial charge in [0.25, 0.3) is 0 Å². The molecule has 0 bridgehead atoms. The molecule has 0 heterocycles. The molecule has 0 saturated heterocycles. The molecular weight excluding hydrogens is 377 g/mol. The third kappa shape index (κ3) is 5.44. The molecule has 0 atom stereocenters. The first-order valence-electron chi connectivity index (χ1n) is 9.55. The van der Waals surface area contributed by atoms with E-state index in [2.05, 4.69) is 23.5 Å². The Hall–Kier alpha value is -2.14. The van der Waals surface area contributed by atoms with Crippen LogP contribution in [0.25, 0.3) is 10.8 Å². The maximum absolute atomic E-state index is 13.3. The van der Waals surface area contributed by atoms with Crippen molar-refractivity contribution in [2.45, 2.75) is 26.5 Å². The molecule has 3 nitrogen and oxygen atoms in total. The second-order valence-corrected chi connectivity index (χ2v) is 6.92. The smallest absolute Gasteiger partial charge is 0.124 e. The normalized spacial score (nSPS) is 11.1. The number of nitrogens with one attached hydrogen (secondary N) is 1. The molecule has 3 rings (SSSR count). The highest BCUT2D eigenvalue weighted by molar-refractivity contribution is 6.31. The van der Waals surface area contributed by atoms with Crippen molar-refractivity contribution in [1.29, 1.82) is 0 Å². The third-order valence-electron chi connectivity index (χ3n) is 4.54. The Bertz CT molecular complexity index is 916. The van der Waals surface area contributed by atoms with Crippen molar-refractivity contribution in [3.05, 3.63) is 76.6 Å². The van der Waals surface area contributed by atoms with Crippen molar-refractivity contribution < 1.29 is 13.9 Å². The van der Waals surface area contributed by atoms with Gasteiger partial charge in [-0.3, -0.25) is 0 Å². The fourth-order valence-corrected chi connectivity index (χ4v) is 3.31. The average molecular weight is 402 g/mol. The zero-order chi connectivity index (χ0) is 19.8. The van der Waals surface area contributed by atoms with Crippen LogP contribution in [0, 0.1) is 5.82 Å². The third-order valence-corrected chi connectivity index (χ3v) is 4.90. The van der Waals surface area contributed by atoms with E-state index >= 15 is 0 Å². The highest BCUT2D eigenvalue weighted by atomic mass is 35.5. The number of benzene rings is 3. The summed E-state index contributed by atoms with van der Waals surface area (Å²) in [6.07, 6.45) is 0.958. The van der Waals surface area contributed by atoms with Gasteiger partial charge >= 0.3 is 0 Å². The van der Waals surface area contributed by atoms with Crippen LogP contribution in [-0.4, -0.2) is 19.8 Å². The van der Waals surface area contributed by atoms with Gasteiger partial charge in [0.1, 0.15) is 18.2 Å². The molecular formula is C23H25ClFNO2. The molecule has 0 aliphatic rings. The second kappa shape index (κ2) is 10.4. The molecule has 0 fully saturated rings. The number of hydrogen-bond acceptors (Lipinski definition) is 3. The Morgan fingerprint density at radius 1 is 1.07 bits per heavy atom. The molecule has 5 heteroatoms. The van der Waals surface area contributed by atoms with Gasteiger partial charge in [-0.1, -0.05) is 48.0 Å². The van der Waals surface area contributed by atoms with Crippen LogP contribution in [0.3, 0.4) is 0 Å². The lowest BCUT2D eigenvalue weighted by atomic mass is 10.0. The summed E-state index contributed by atoms with van der Waals surface area (Å²) in [7, 11) is 0. The number of rotatable bonds is 10. The summed E-state index contributed by atoms with van der Waals surface area (Å²) in [4.78, 5) is 0. The van der Waals surface area contributed by atoms with E-state index in [0.717, 1.165) is 48.4 Å². The molecule has 0 aromatic heterocycles. The van der Waals surface area contributed by atoms with Crippen molar-refractivity contribution >= 4 is 22.4 Å². The van der Waals surface area contributed by atoms with Crippen LogP contribution in [0.15, 0.2) is 54.6 Å². The first-order chi connectivity index (χ1) is 13.7. The largest absolute Gasteiger partial charge is 0.488 e. The number of halogens is 2. The van der Waals surface area contributed by atoms with E-state index in [1.807, 2.05) is 25.1 Å². The van der Waals surface area contributed by atoms with Gasteiger partial charge in [-0.15, -0.1) is 0 Å². The van der Waals surface area contributed by atoms with Gasteiger partial charge in [-0.05, 0) is 48.9 Å². The van der Waals surface area contributed by atoms with Crippen LogP contribution in [0.5, 0.6) is 5.75 Å². The first-order valence-corrected chi connectivity index (χ1v) is 9.92. The van der Waals surface area contributed by atoms with E-state index in [9.17, 15) is 4.39 Å². The van der Waals surface area contributed by atoms with Gasteiger partial charge in [0.15, 0.2) is 0 Å².